The number of esters is 1. The summed E-state index contributed by atoms with van der Waals surface area (Å²) >= 11 is 0. The molecule has 0 saturated heterocycles. The van der Waals surface area contributed by atoms with Crippen LogP contribution in [-0.2, 0) is 14.3 Å². The Morgan fingerprint density at radius 3 is 1.95 bits per heavy atom. The van der Waals surface area contributed by atoms with Crippen molar-refractivity contribution in [3.63, 3.8) is 0 Å². The molecular weight excluding hydrogens is 266 g/mol. The number of nitriles is 1. The van der Waals surface area contributed by atoms with E-state index in [1.54, 1.807) is 13.8 Å². The van der Waals surface area contributed by atoms with Gasteiger partial charge in [-0.1, -0.05) is 0 Å². The average Bonchev–Trinajstić information content (AvgIpc) is 2.36. The number of Topliss-reactive ketones (excluding diaryl/α,β-unsaturated/α-hetero) is 1. The number of carbonyl (C=O) groups is 2. The van der Waals surface area contributed by atoms with Crippen molar-refractivity contribution in [2.45, 2.75) is 58.5 Å². The molecule has 4 rings (SSSR count). The van der Waals surface area contributed by atoms with Gasteiger partial charge in [-0.2, -0.15) is 5.26 Å². The van der Waals surface area contributed by atoms with Gasteiger partial charge in [0.2, 0.25) is 5.92 Å². The van der Waals surface area contributed by atoms with E-state index in [1.165, 1.54) is 19.3 Å². The molecule has 0 aliphatic heterocycles. The number of hydrogen-bond donors (Lipinski definition) is 0. The molecular formula is C17H23NO3. The molecule has 4 fully saturated rings. The molecule has 4 aliphatic rings. The minimum absolute atomic E-state index is 0.158. The first-order valence-electron chi connectivity index (χ1n) is 8.08. The molecule has 4 nitrogen and oxygen atoms in total. The van der Waals surface area contributed by atoms with Crippen LogP contribution >= 0.6 is 0 Å². The van der Waals surface area contributed by atoms with E-state index in [-0.39, 0.29) is 11.9 Å². The molecule has 4 saturated carbocycles. The second-order valence-electron chi connectivity index (χ2n) is 7.61. The van der Waals surface area contributed by atoms with Crippen LogP contribution in [0.2, 0.25) is 0 Å². The van der Waals surface area contributed by atoms with E-state index >= 15 is 0 Å². The number of carbonyl (C=O) groups excluding carboxylic acids is 2. The molecule has 0 aromatic carbocycles. The largest absolute Gasteiger partial charge is 0.462 e. The maximum atomic E-state index is 12.9. The summed E-state index contributed by atoms with van der Waals surface area (Å²) in [4.78, 5) is 25.0. The number of nitrogens with zero attached hydrogens (tertiary/aromatic N) is 1. The molecule has 0 radical (unpaired) electrons. The van der Waals surface area contributed by atoms with E-state index < -0.39 is 17.3 Å². The van der Waals surface area contributed by atoms with Gasteiger partial charge in [0.1, 0.15) is 0 Å². The van der Waals surface area contributed by atoms with Gasteiger partial charge in [0.05, 0.1) is 12.2 Å². The third-order valence-electron chi connectivity index (χ3n) is 5.54. The standard InChI is InChI=1S/C17H23NO3/c1-10(2)21-16(20)14(9-18)15(19)17-6-11-3-12(7-17)5-13(4-11)8-17/h10-14H,3-8H2,1-2H3/t11?,12?,13?,14-,17?/m1/s1. The fourth-order valence-corrected chi connectivity index (χ4v) is 5.24. The Morgan fingerprint density at radius 2 is 1.57 bits per heavy atom. The van der Waals surface area contributed by atoms with Crippen LogP contribution in [0, 0.1) is 40.4 Å². The van der Waals surface area contributed by atoms with Gasteiger partial charge in [0.15, 0.2) is 5.78 Å². The van der Waals surface area contributed by atoms with Crippen LogP contribution in [0.25, 0.3) is 0 Å². The monoisotopic (exact) mass is 289 g/mol. The first-order valence-corrected chi connectivity index (χ1v) is 8.08. The molecule has 0 aromatic heterocycles. The van der Waals surface area contributed by atoms with Gasteiger partial charge in [0, 0.05) is 5.41 Å². The lowest BCUT2D eigenvalue weighted by Gasteiger charge is -2.56. The van der Waals surface area contributed by atoms with Crippen LogP contribution < -0.4 is 0 Å². The Kier molecular flexibility index (Phi) is 3.55. The van der Waals surface area contributed by atoms with Gasteiger partial charge in [-0.05, 0) is 70.1 Å². The fraction of sp³-hybridized carbons (Fsp3) is 0.824. The summed E-state index contributed by atoms with van der Waals surface area (Å²) in [5, 5.41) is 9.31. The molecule has 4 heteroatoms. The number of rotatable bonds is 4. The minimum atomic E-state index is -1.23. The SMILES string of the molecule is CC(C)OC(=O)[C@H](C#N)C(=O)C12CC3CC(CC(C3)C1)C2. The highest BCUT2D eigenvalue weighted by molar-refractivity contribution is 6.04. The van der Waals surface area contributed by atoms with E-state index in [1.807, 2.05) is 6.07 Å². The van der Waals surface area contributed by atoms with Crippen molar-refractivity contribution in [2.24, 2.45) is 29.1 Å². The maximum absolute atomic E-state index is 12.9. The normalized spacial score (nSPS) is 38.1. The lowest BCUT2D eigenvalue weighted by Crippen LogP contribution is -2.52. The van der Waals surface area contributed by atoms with Gasteiger partial charge in [-0.3, -0.25) is 9.59 Å². The second kappa shape index (κ2) is 5.12. The summed E-state index contributed by atoms with van der Waals surface area (Å²) in [6.07, 6.45) is 6.05. The van der Waals surface area contributed by atoms with E-state index in [4.69, 9.17) is 4.74 Å². The maximum Gasteiger partial charge on any atom is 0.331 e. The first kappa shape index (κ1) is 14.6. The van der Waals surface area contributed by atoms with Crippen LogP contribution in [0.3, 0.4) is 0 Å². The lowest BCUT2D eigenvalue weighted by molar-refractivity contribution is -0.160. The summed E-state index contributed by atoms with van der Waals surface area (Å²) < 4.78 is 5.11. The number of hydrogen-bond acceptors (Lipinski definition) is 4. The zero-order valence-corrected chi connectivity index (χ0v) is 12.8. The molecule has 0 aromatic rings. The third kappa shape index (κ3) is 2.47. The molecule has 4 bridgehead atoms. The quantitative estimate of drug-likeness (QED) is 0.589. The zero-order chi connectivity index (χ0) is 15.2. The molecule has 1 atom stereocenters. The van der Waals surface area contributed by atoms with Gasteiger partial charge in [-0.15, -0.1) is 0 Å². The Bertz CT molecular complexity index is 467. The molecule has 0 spiro atoms. The Hall–Kier alpha value is -1.37. The Morgan fingerprint density at radius 1 is 1.10 bits per heavy atom. The van der Waals surface area contributed by atoms with Crippen molar-refractivity contribution in [3.8, 4) is 6.07 Å². The highest BCUT2D eigenvalue weighted by Gasteiger charge is 2.56. The molecule has 0 amide bonds. The van der Waals surface area contributed by atoms with Crippen molar-refractivity contribution in [1.82, 2.24) is 0 Å². The van der Waals surface area contributed by atoms with E-state index in [0.29, 0.717) is 17.8 Å². The van der Waals surface area contributed by atoms with E-state index in [2.05, 4.69) is 0 Å². The summed E-state index contributed by atoms with van der Waals surface area (Å²) in [5.74, 6) is -0.173. The predicted molar refractivity (Wildman–Crippen MR) is 75.9 cm³/mol. The van der Waals surface area contributed by atoms with Crippen molar-refractivity contribution < 1.29 is 14.3 Å². The summed E-state index contributed by atoms with van der Waals surface area (Å²) in [6.45, 7) is 3.48. The van der Waals surface area contributed by atoms with E-state index in [0.717, 1.165) is 19.3 Å². The van der Waals surface area contributed by atoms with E-state index in [9.17, 15) is 14.9 Å². The summed E-state index contributed by atoms with van der Waals surface area (Å²) in [5.41, 5.74) is -0.412. The summed E-state index contributed by atoms with van der Waals surface area (Å²) in [6, 6.07) is 1.91. The van der Waals surface area contributed by atoms with Crippen molar-refractivity contribution in [2.75, 3.05) is 0 Å². The molecule has 0 unspecified atom stereocenters. The molecule has 0 heterocycles. The first-order chi connectivity index (χ1) is 9.93. The number of ketones is 1. The lowest BCUT2D eigenvalue weighted by atomic mass is 9.48. The van der Waals surface area contributed by atoms with Gasteiger partial charge in [0.25, 0.3) is 0 Å². The van der Waals surface area contributed by atoms with Crippen LogP contribution in [0.15, 0.2) is 0 Å². The molecule has 114 valence electrons. The highest BCUT2D eigenvalue weighted by atomic mass is 16.5. The summed E-state index contributed by atoms with van der Waals surface area (Å²) in [7, 11) is 0. The topological polar surface area (TPSA) is 67.2 Å². The molecule has 0 N–H and O–H groups in total. The van der Waals surface area contributed by atoms with Crippen LogP contribution in [0.5, 0.6) is 0 Å². The Labute approximate surface area is 125 Å². The van der Waals surface area contributed by atoms with Gasteiger partial charge in [-0.25, -0.2) is 0 Å². The highest BCUT2D eigenvalue weighted by Crippen LogP contribution is 2.60. The Balaban J connectivity index is 1.80. The predicted octanol–water partition coefficient (Wildman–Crippen LogP) is 2.86. The van der Waals surface area contributed by atoms with Crippen molar-refractivity contribution in [3.05, 3.63) is 0 Å². The van der Waals surface area contributed by atoms with Crippen LogP contribution in [0.1, 0.15) is 52.4 Å². The van der Waals surface area contributed by atoms with Crippen LogP contribution in [-0.4, -0.2) is 17.9 Å². The molecule has 4 aliphatic carbocycles. The minimum Gasteiger partial charge on any atom is -0.462 e. The van der Waals surface area contributed by atoms with Crippen molar-refractivity contribution in [1.29, 1.82) is 5.26 Å². The second-order valence-corrected chi connectivity index (χ2v) is 7.61. The van der Waals surface area contributed by atoms with Gasteiger partial charge >= 0.3 is 5.97 Å². The third-order valence-corrected chi connectivity index (χ3v) is 5.54. The average molecular weight is 289 g/mol. The van der Waals surface area contributed by atoms with Crippen LogP contribution in [0.4, 0.5) is 0 Å². The number of ether oxygens (including phenoxy) is 1. The smallest absolute Gasteiger partial charge is 0.331 e. The molecule has 21 heavy (non-hydrogen) atoms. The van der Waals surface area contributed by atoms with Gasteiger partial charge < -0.3 is 4.74 Å². The van der Waals surface area contributed by atoms with Crippen molar-refractivity contribution >= 4 is 11.8 Å². The fourth-order valence-electron chi connectivity index (χ4n) is 5.24. The zero-order valence-electron chi connectivity index (χ0n) is 12.8.